The molecule has 144 valence electrons. The minimum atomic E-state index is -0.129. The maximum atomic E-state index is 11.9. The van der Waals surface area contributed by atoms with E-state index in [2.05, 4.69) is 24.5 Å². The van der Waals surface area contributed by atoms with Gasteiger partial charge in [0.25, 0.3) is 0 Å². The molecule has 2 amide bonds. The highest BCUT2D eigenvalue weighted by Crippen LogP contribution is 2.32. The summed E-state index contributed by atoms with van der Waals surface area (Å²) in [5.41, 5.74) is 0.939. The highest BCUT2D eigenvalue weighted by atomic mass is 16.7. The van der Waals surface area contributed by atoms with Gasteiger partial charge >= 0.3 is 0 Å². The fourth-order valence-corrected chi connectivity index (χ4v) is 2.86. The molecule has 0 radical (unpaired) electrons. The summed E-state index contributed by atoms with van der Waals surface area (Å²) in [6.07, 6.45) is 4.99. The third-order valence-corrected chi connectivity index (χ3v) is 4.64. The summed E-state index contributed by atoms with van der Waals surface area (Å²) in [6, 6.07) is 5.58. The zero-order valence-corrected chi connectivity index (χ0v) is 15.8. The van der Waals surface area contributed by atoms with Crippen LogP contribution in [0.25, 0.3) is 0 Å². The summed E-state index contributed by atoms with van der Waals surface area (Å²) in [6.45, 7) is 5.67. The van der Waals surface area contributed by atoms with Crippen LogP contribution in [0.3, 0.4) is 0 Å². The first-order valence-corrected chi connectivity index (χ1v) is 9.54. The van der Waals surface area contributed by atoms with Crippen LogP contribution >= 0.6 is 0 Å². The minimum Gasteiger partial charge on any atom is -0.454 e. The first-order chi connectivity index (χ1) is 12.6. The lowest BCUT2D eigenvalue weighted by Crippen LogP contribution is -2.31. The number of carbonyl (C=O) groups is 2. The summed E-state index contributed by atoms with van der Waals surface area (Å²) < 4.78 is 10.6. The quantitative estimate of drug-likeness (QED) is 0.634. The van der Waals surface area contributed by atoms with E-state index in [1.54, 1.807) is 0 Å². The van der Waals surface area contributed by atoms with Crippen LogP contribution in [-0.4, -0.2) is 25.2 Å². The zero-order chi connectivity index (χ0) is 18.8. The van der Waals surface area contributed by atoms with Crippen molar-refractivity contribution in [2.24, 2.45) is 5.92 Å². The van der Waals surface area contributed by atoms with E-state index in [4.69, 9.17) is 9.47 Å². The lowest BCUT2D eigenvalue weighted by Gasteiger charge is -2.15. The summed E-state index contributed by atoms with van der Waals surface area (Å²) in [4.78, 5) is 23.9. The van der Waals surface area contributed by atoms with E-state index in [1.807, 2.05) is 18.2 Å². The van der Waals surface area contributed by atoms with Crippen LogP contribution in [0.4, 0.5) is 0 Å². The van der Waals surface area contributed by atoms with E-state index in [1.165, 1.54) is 12.8 Å². The van der Waals surface area contributed by atoms with Gasteiger partial charge in [-0.15, -0.1) is 0 Å². The molecule has 6 heteroatoms. The molecule has 2 N–H and O–H groups in total. The molecule has 1 aromatic rings. The van der Waals surface area contributed by atoms with Gasteiger partial charge in [0.1, 0.15) is 0 Å². The number of benzene rings is 1. The first kappa shape index (κ1) is 20.1. The Morgan fingerprint density at radius 3 is 2.54 bits per heavy atom. The van der Waals surface area contributed by atoms with Crippen molar-refractivity contribution in [3.05, 3.63) is 23.8 Å². The van der Waals surface area contributed by atoms with E-state index in [0.29, 0.717) is 24.8 Å². The third-order valence-electron chi connectivity index (χ3n) is 4.64. The maximum absolute atomic E-state index is 11.9. The Morgan fingerprint density at radius 2 is 1.81 bits per heavy atom. The van der Waals surface area contributed by atoms with Gasteiger partial charge in [0, 0.05) is 25.9 Å². The van der Waals surface area contributed by atoms with Gasteiger partial charge in [-0.3, -0.25) is 9.59 Å². The third kappa shape index (κ3) is 6.58. The summed E-state index contributed by atoms with van der Waals surface area (Å²) in [5, 5.41) is 5.78. The molecule has 2 rings (SSSR count). The van der Waals surface area contributed by atoms with E-state index in [9.17, 15) is 9.59 Å². The molecule has 1 atom stereocenters. The van der Waals surface area contributed by atoms with E-state index >= 15 is 0 Å². The Balaban J connectivity index is 1.62. The van der Waals surface area contributed by atoms with E-state index < -0.39 is 0 Å². The molecular formula is C20H30N2O4. The molecular weight excluding hydrogens is 332 g/mol. The van der Waals surface area contributed by atoms with Crippen molar-refractivity contribution in [2.75, 3.05) is 13.3 Å². The van der Waals surface area contributed by atoms with Gasteiger partial charge < -0.3 is 20.1 Å². The second-order valence-electron chi connectivity index (χ2n) is 6.68. The maximum Gasteiger partial charge on any atom is 0.231 e. The molecule has 6 nitrogen and oxygen atoms in total. The Morgan fingerprint density at radius 1 is 1.08 bits per heavy atom. The number of fused-ring (bicyclic) bond motifs is 1. The van der Waals surface area contributed by atoms with Gasteiger partial charge in [-0.1, -0.05) is 39.2 Å². The number of hydrogen-bond acceptors (Lipinski definition) is 4. The van der Waals surface area contributed by atoms with Crippen LogP contribution in [0.2, 0.25) is 0 Å². The average Bonchev–Trinajstić information content (AvgIpc) is 3.12. The largest absolute Gasteiger partial charge is 0.454 e. The van der Waals surface area contributed by atoms with Crippen LogP contribution in [0.5, 0.6) is 11.5 Å². The lowest BCUT2D eigenvalue weighted by molar-refractivity contribution is -0.126. The number of carbonyl (C=O) groups excluding carboxylic acids is 2. The molecule has 0 fully saturated rings. The van der Waals surface area contributed by atoms with Crippen LogP contribution in [-0.2, 0) is 16.1 Å². The fourth-order valence-electron chi connectivity index (χ4n) is 2.86. The second kappa shape index (κ2) is 10.7. The number of nitrogens with one attached hydrogen (secondary N) is 2. The Bertz CT molecular complexity index is 603. The Hall–Kier alpha value is -2.24. The standard InChI is InChI=1S/C20H30N2O4/c1-3-5-6-15(4-2)12-21-19(23)9-10-20(24)22-13-16-7-8-17-18(11-16)26-14-25-17/h7-8,11,15H,3-6,9-10,12-14H2,1-2H3,(H,21,23)(H,22,24)/t15-/m0/s1. The summed E-state index contributed by atoms with van der Waals surface area (Å²) in [5.74, 6) is 1.76. The number of rotatable bonds is 11. The molecule has 0 saturated heterocycles. The molecule has 1 aliphatic rings. The molecule has 0 bridgehead atoms. The van der Waals surface area contributed by atoms with Crippen LogP contribution in [0.15, 0.2) is 18.2 Å². The number of hydrogen-bond donors (Lipinski definition) is 2. The fraction of sp³-hybridized carbons (Fsp3) is 0.600. The zero-order valence-electron chi connectivity index (χ0n) is 15.8. The van der Waals surface area contributed by atoms with Crippen molar-refractivity contribution < 1.29 is 19.1 Å². The SMILES string of the molecule is CCCC[C@H](CC)CNC(=O)CCC(=O)NCc1ccc2c(c1)OCO2. The second-order valence-corrected chi connectivity index (χ2v) is 6.68. The molecule has 0 spiro atoms. The lowest BCUT2D eigenvalue weighted by atomic mass is 9.99. The first-order valence-electron chi connectivity index (χ1n) is 9.54. The number of amides is 2. The highest BCUT2D eigenvalue weighted by molar-refractivity contribution is 5.83. The predicted molar refractivity (Wildman–Crippen MR) is 100.0 cm³/mol. The van der Waals surface area contributed by atoms with Gasteiger partial charge in [-0.25, -0.2) is 0 Å². The van der Waals surface area contributed by atoms with Crippen molar-refractivity contribution >= 4 is 11.8 Å². The molecule has 0 aliphatic carbocycles. The molecule has 0 unspecified atom stereocenters. The number of unbranched alkanes of at least 4 members (excludes halogenated alkanes) is 1. The molecule has 26 heavy (non-hydrogen) atoms. The summed E-state index contributed by atoms with van der Waals surface area (Å²) in [7, 11) is 0. The Labute approximate surface area is 155 Å². The van der Waals surface area contributed by atoms with Gasteiger partial charge in [0.2, 0.25) is 18.6 Å². The molecule has 0 saturated carbocycles. The Kier molecular flexibility index (Phi) is 8.25. The van der Waals surface area contributed by atoms with Crippen molar-refractivity contribution in [3.63, 3.8) is 0 Å². The molecule has 0 aromatic heterocycles. The van der Waals surface area contributed by atoms with Gasteiger partial charge in [-0.05, 0) is 30.0 Å². The van der Waals surface area contributed by atoms with Crippen molar-refractivity contribution in [1.82, 2.24) is 10.6 Å². The van der Waals surface area contributed by atoms with Crippen molar-refractivity contribution in [2.45, 2.75) is 58.9 Å². The van der Waals surface area contributed by atoms with Crippen LogP contribution < -0.4 is 20.1 Å². The van der Waals surface area contributed by atoms with E-state index in [-0.39, 0.29) is 31.4 Å². The predicted octanol–water partition coefficient (Wildman–Crippen LogP) is 3.14. The van der Waals surface area contributed by atoms with Gasteiger partial charge in [0.15, 0.2) is 11.5 Å². The topological polar surface area (TPSA) is 76.7 Å². The normalized spacial score (nSPS) is 13.3. The number of ether oxygens (including phenoxy) is 2. The van der Waals surface area contributed by atoms with Crippen molar-refractivity contribution in [3.8, 4) is 11.5 Å². The van der Waals surface area contributed by atoms with E-state index in [0.717, 1.165) is 24.2 Å². The average molecular weight is 362 g/mol. The smallest absolute Gasteiger partial charge is 0.231 e. The van der Waals surface area contributed by atoms with Crippen molar-refractivity contribution in [1.29, 1.82) is 0 Å². The molecule has 1 heterocycles. The monoisotopic (exact) mass is 362 g/mol. The molecule has 1 aromatic carbocycles. The molecule has 1 aliphatic heterocycles. The highest BCUT2D eigenvalue weighted by Gasteiger charge is 2.14. The van der Waals surface area contributed by atoms with Gasteiger partial charge in [0.05, 0.1) is 0 Å². The van der Waals surface area contributed by atoms with Gasteiger partial charge in [-0.2, -0.15) is 0 Å². The summed E-state index contributed by atoms with van der Waals surface area (Å²) >= 11 is 0. The van der Waals surface area contributed by atoms with Crippen LogP contribution in [0.1, 0.15) is 57.9 Å². The van der Waals surface area contributed by atoms with Crippen LogP contribution in [0, 0.1) is 5.92 Å². The minimum absolute atomic E-state index is 0.0572.